The van der Waals surface area contributed by atoms with Crippen molar-refractivity contribution in [1.29, 1.82) is 0 Å². The van der Waals surface area contributed by atoms with Crippen LogP contribution in [0.2, 0.25) is 0 Å². The van der Waals surface area contributed by atoms with Crippen LogP contribution in [0.25, 0.3) is 0 Å². The molecule has 2 fully saturated rings. The van der Waals surface area contributed by atoms with Gasteiger partial charge in [0.2, 0.25) is 0 Å². The number of rotatable bonds is 8. The molecule has 0 aromatic heterocycles. The predicted molar refractivity (Wildman–Crippen MR) is 87.6 cm³/mol. The maximum Gasteiger partial charge on any atom is 0.303 e. The molecule has 2 rings (SSSR count). The van der Waals surface area contributed by atoms with Crippen LogP contribution >= 0.6 is 0 Å². The number of ether oxygens (including phenoxy) is 7. The third-order valence-electron chi connectivity index (χ3n) is 3.80. The Hall–Kier alpha value is -2.24. The first-order chi connectivity index (χ1) is 13.2. The molecular weight excluding hydrogens is 380 g/mol. The monoisotopic (exact) mass is 404 g/mol. The van der Waals surface area contributed by atoms with Gasteiger partial charge >= 0.3 is 23.9 Å². The van der Waals surface area contributed by atoms with E-state index in [1.54, 1.807) is 0 Å². The molecule has 2 aliphatic heterocycles. The van der Waals surface area contributed by atoms with Crippen molar-refractivity contribution in [3.05, 3.63) is 0 Å². The van der Waals surface area contributed by atoms with Gasteiger partial charge in [0.1, 0.15) is 18.8 Å². The molecule has 0 saturated carbocycles. The molecule has 0 spiro atoms. The fraction of sp³-hybridized carbons (Fsp3) is 0.765. The zero-order valence-corrected chi connectivity index (χ0v) is 16.1. The van der Waals surface area contributed by atoms with Crippen molar-refractivity contribution in [2.24, 2.45) is 0 Å². The summed E-state index contributed by atoms with van der Waals surface area (Å²) < 4.78 is 37.2. The normalized spacial score (nSPS) is 31.4. The highest BCUT2D eigenvalue weighted by Crippen LogP contribution is 2.30. The highest BCUT2D eigenvalue weighted by atomic mass is 16.7. The number of hydrogen-bond donors (Lipinski definition) is 0. The summed E-state index contributed by atoms with van der Waals surface area (Å²) in [5.41, 5.74) is 0. The minimum atomic E-state index is -1.23. The lowest BCUT2D eigenvalue weighted by atomic mass is 9.98. The van der Waals surface area contributed by atoms with Crippen LogP contribution in [0.15, 0.2) is 0 Å². The standard InChI is InChI=1S/C17H24O11/c1-8(18)22-7-13-14(25-9(2)19)15(26-10(3)20)16(27-11(4)21)17(28-13)24-6-12-5-23-12/h12-17H,5-7H2,1-4H3/t12?,13-,14+,15+,16-,17-/m1/s1. The molecule has 2 saturated heterocycles. The fourth-order valence-corrected chi connectivity index (χ4v) is 2.69. The largest absolute Gasteiger partial charge is 0.463 e. The van der Waals surface area contributed by atoms with Gasteiger partial charge in [-0.1, -0.05) is 0 Å². The summed E-state index contributed by atoms with van der Waals surface area (Å²) >= 11 is 0. The van der Waals surface area contributed by atoms with Crippen molar-refractivity contribution in [2.45, 2.75) is 64.5 Å². The zero-order chi connectivity index (χ0) is 20.8. The van der Waals surface area contributed by atoms with Crippen molar-refractivity contribution >= 4 is 23.9 Å². The van der Waals surface area contributed by atoms with E-state index in [9.17, 15) is 19.2 Å². The molecule has 11 heteroatoms. The molecule has 0 aromatic carbocycles. The lowest BCUT2D eigenvalue weighted by Gasteiger charge is -2.44. The number of carbonyl (C=O) groups excluding carboxylic acids is 4. The number of epoxide rings is 1. The van der Waals surface area contributed by atoms with E-state index in [-0.39, 0.29) is 19.3 Å². The second kappa shape index (κ2) is 9.80. The van der Waals surface area contributed by atoms with E-state index in [0.717, 1.165) is 20.8 Å². The van der Waals surface area contributed by atoms with Crippen LogP contribution in [-0.4, -0.2) is 80.5 Å². The predicted octanol–water partition coefficient (Wildman–Crippen LogP) is -0.515. The van der Waals surface area contributed by atoms with E-state index in [1.807, 2.05) is 0 Å². The Bertz CT molecular complexity index is 600. The average Bonchev–Trinajstić information content (AvgIpc) is 3.38. The second-order valence-electron chi connectivity index (χ2n) is 6.36. The maximum absolute atomic E-state index is 11.6. The Morgan fingerprint density at radius 3 is 1.82 bits per heavy atom. The Kier molecular flexibility index (Phi) is 7.72. The van der Waals surface area contributed by atoms with Crippen molar-refractivity contribution < 1.29 is 52.3 Å². The molecule has 0 radical (unpaired) electrons. The third kappa shape index (κ3) is 6.73. The Morgan fingerprint density at radius 1 is 0.786 bits per heavy atom. The van der Waals surface area contributed by atoms with Gasteiger partial charge in [0, 0.05) is 27.7 Å². The molecule has 0 bridgehead atoms. The zero-order valence-electron chi connectivity index (χ0n) is 16.1. The molecule has 1 unspecified atom stereocenters. The quantitative estimate of drug-likeness (QED) is 0.294. The SMILES string of the molecule is CC(=O)OC[C@H]1O[C@@H](OCC2CO2)[C@H](OC(C)=O)[C@@H](OC(C)=O)[C@H]1OC(C)=O. The van der Waals surface area contributed by atoms with E-state index in [1.165, 1.54) is 6.92 Å². The van der Waals surface area contributed by atoms with Crippen LogP contribution < -0.4 is 0 Å². The number of hydrogen-bond acceptors (Lipinski definition) is 11. The highest BCUT2D eigenvalue weighted by Gasteiger charge is 2.53. The third-order valence-corrected chi connectivity index (χ3v) is 3.80. The molecule has 0 aliphatic carbocycles. The van der Waals surface area contributed by atoms with E-state index < -0.39 is 54.6 Å². The lowest BCUT2D eigenvalue weighted by molar-refractivity contribution is -0.308. The molecule has 2 heterocycles. The van der Waals surface area contributed by atoms with Gasteiger partial charge in [0.05, 0.1) is 13.2 Å². The Balaban J connectivity index is 2.29. The van der Waals surface area contributed by atoms with Crippen LogP contribution in [0.5, 0.6) is 0 Å². The molecule has 6 atom stereocenters. The molecule has 158 valence electrons. The van der Waals surface area contributed by atoms with Crippen LogP contribution in [-0.2, 0) is 52.3 Å². The van der Waals surface area contributed by atoms with Gasteiger partial charge in [-0.15, -0.1) is 0 Å². The summed E-state index contributed by atoms with van der Waals surface area (Å²) in [4.78, 5) is 46.0. The van der Waals surface area contributed by atoms with Gasteiger partial charge < -0.3 is 33.2 Å². The van der Waals surface area contributed by atoms with E-state index in [0.29, 0.717) is 6.61 Å². The van der Waals surface area contributed by atoms with E-state index >= 15 is 0 Å². The summed E-state index contributed by atoms with van der Waals surface area (Å²) in [5.74, 6) is -2.65. The van der Waals surface area contributed by atoms with Crippen LogP contribution in [0.1, 0.15) is 27.7 Å². The first-order valence-corrected chi connectivity index (χ1v) is 8.71. The molecule has 0 N–H and O–H groups in total. The Labute approximate surface area is 161 Å². The van der Waals surface area contributed by atoms with Crippen molar-refractivity contribution in [3.63, 3.8) is 0 Å². The van der Waals surface area contributed by atoms with Gasteiger partial charge in [0.15, 0.2) is 24.6 Å². The fourth-order valence-electron chi connectivity index (χ4n) is 2.69. The minimum Gasteiger partial charge on any atom is -0.463 e. The topological polar surface area (TPSA) is 136 Å². The van der Waals surface area contributed by atoms with E-state index in [2.05, 4.69) is 0 Å². The van der Waals surface area contributed by atoms with Crippen molar-refractivity contribution in [2.75, 3.05) is 19.8 Å². The van der Waals surface area contributed by atoms with Gasteiger partial charge in [-0.05, 0) is 0 Å². The molecule has 11 nitrogen and oxygen atoms in total. The van der Waals surface area contributed by atoms with Crippen molar-refractivity contribution in [3.8, 4) is 0 Å². The second-order valence-corrected chi connectivity index (χ2v) is 6.36. The van der Waals surface area contributed by atoms with Crippen LogP contribution in [0, 0.1) is 0 Å². The lowest BCUT2D eigenvalue weighted by Crippen LogP contribution is -2.63. The smallest absolute Gasteiger partial charge is 0.303 e. The van der Waals surface area contributed by atoms with Crippen LogP contribution in [0.3, 0.4) is 0 Å². The van der Waals surface area contributed by atoms with Gasteiger partial charge in [-0.25, -0.2) is 0 Å². The summed E-state index contributed by atoms with van der Waals surface area (Å²) in [7, 11) is 0. The highest BCUT2D eigenvalue weighted by molar-refractivity contribution is 5.68. The van der Waals surface area contributed by atoms with Crippen molar-refractivity contribution in [1.82, 2.24) is 0 Å². The summed E-state index contributed by atoms with van der Waals surface area (Å²) in [6, 6.07) is 0. The maximum atomic E-state index is 11.6. The van der Waals surface area contributed by atoms with Crippen LogP contribution in [0.4, 0.5) is 0 Å². The summed E-state index contributed by atoms with van der Waals surface area (Å²) in [6.07, 6.45) is -5.93. The first-order valence-electron chi connectivity index (χ1n) is 8.71. The number of carbonyl (C=O) groups is 4. The van der Waals surface area contributed by atoms with Gasteiger partial charge in [-0.2, -0.15) is 0 Å². The molecule has 28 heavy (non-hydrogen) atoms. The van der Waals surface area contributed by atoms with E-state index in [4.69, 9.17) is 33.2 Å². The minimum absolute atomic E-state index is 0.119. The summed E-state index contributed by atoms with van der Waals surface area (Å²) in [6.45, 7) is 5.04. The molecule has 0 amide bonds. The Morgan fingerprint density at radius 2 is 1.32 bits per heavy atom. The number of esters is 4. The van der Waals surface area contributed by atoms with Gasteiger partial charge in [-0.3, -0.25) is 19.2 Å². The summed E-state index contributed by atoms with van der Waals surface area (Å²) in [5, 5.41) is 0. The molecular formula is C17H24O11. The molecule has 0 aromatic rings. The molecule has 2 aliphatic rings. The first kappa shape index (κ1) is 22.1. The van der Waals surface area contributed by atoms with Gasteiger partial charge in [0.25, 0.3) is 0 Å². The average molecular weight is 404 g/mol.